The van der Waals surface area contributed by atoms with Gasteiger partial charge in [0, 0.05) is 0 Å². The predicted octanol–water partition coefficient (Wildman–Crippen LogP) is 2.09. The topological polar surface area (TPSA) is 59.3 Å². The van der Waals surface area contributed by atoms with Gasteiger partial charge in [-0.3, -0.25) is 0 Å². The number of alkyl halides is 2. The maximum atomic E-state index is 13.1. The quantitative estimate of drug-likeness (QED) is 0.757. The zero-order valence-corrected chi connectivity index (χ0v) is 8.94. The molecule has 0 fully saturated rings. The molecule has 90 valence electrons. The molecule has 0 amide bonds. The maximum absolute atomic E-state index is 13.1. The van der Waals surface area contributed by atoms with E-state index in [2.05, 4.69) is 9.47 Å². The van der Waals surface area contributed by atoms with Gasteiger partial charge in [0.2, 0.25) is 0 Å². The molecule has 17 heavy (non-hydrogen) atoms. The molecule has 0 heterocycles. The van der Waals surface area contributed by atoms with Crippen LogP contribution in [0.3, 0.4) is 0 Å². The number of benzene rings is 1. The van der Waals surface area contributed by atoms with E-state index in [1.54, 1.807) is 6.07 Å². The van der Waals surface area contributed by atoms with Gasteiger partial charge in [0.1, 0.15) is 5.75 Å². The van der Waals surface area contributed by atoms with Crippen LogP contribution in [-0.2, 0) is 9.53 Å². The lowest BCUT2D eigenvalue weighted by Crippen LogP contribution is -2.36. The van der Waals surface area contributed by atoms with Crippen molar-refractivity contribution < 1.29 is 23.0 Å². The molecular formula is C11H9F2NO3. The van der Waals surface area contributed by atoms with Gasteiger partial charge in [-0.15, -0.1) is 0 Å². The van der Waals surface area contributed by atoms with Gasteiger partial charge in [-0.25, -0.2) is 4.79 Å². The number of esters is 1. The molecule has 0 N–H and O–H groups in total. The van der Waals surface area contributed by atoms with Crippen molar-refractivity contribution in [1.29, 1.82) is 5.26 Å². The first-order valence-corrected chi connectivity index (χ1v) is 4.74. The number of halogens is 2. The highest BCUT2D eigenvalue weighted by Gasteiger charge is 2.44. The van der Waals surface area contributed by atoms with Crippen molar-refractivity contribution >= 4 is 5.97 Å². The fourth-order valence-corrected chi connectivity index (χ4v) is 1.03. The average Bonchev–Trinajstić information content (AvgIpc) is 2.29. The molecule has 0 aliphatic heterocycles. The van der Waals surface area contributed by atoms with Crippen LogP contribution in [0.15, 0.2) is 24.3 Å². The zero-order chi connectivity index (χ0) is 12.9. The van der Waals surface area contributed by atoms with Gasteiger partial charge in [0.25, 0.3) is 0 Å². The summed E-state index contributed by atoms with van der Waals surface area (Å²) in [4.78, 5) is 10.9. The van der Waals surface area contributed by atoms with Gasteiger partial charge in [-0.1, -0.05) is 6.07 Å². The van der Waals surface area contributed by atoms with Crippen molar-refractivity contribution in [2.75, 3.05) is 6.61 Å². The maximum Gasteiger partial charge on any atom is 0.502 e. The van der Waals surface area contributed by atoms with Crippen LogP contribution in [0, 0.1) is 11.3 Å². The molecule has 0 spiro atoms. The summed E-state index contributed by atoms with van der Waals surface area (Å²) in [5.74, 6) is -2.04. The SMILES string of the molecule is CCOC(=O)C(F)(F)Oc1cccc(C#N)c1. The Kier molecular flexibility index (Phi) is 3.99. The Morgan fingerprint density at radius 3 is 2.82 bits per heavy atom. The van der Waals surface area contributed by atoms with E-state index in [0.717, 1.165) is 6.07 Å². The minimum absolute atomic E-state index is 0.155. The fraction of sp³-hybridized carbons (Fsp3) is 0.273. The van der Waals surface area contributed by atoms with Crippen molar-refractivity contribution in [2.45, 2.75) is 13.0 Å². The molecule has 0 aliphatic rings. The number of carbonyl (C=O) groups excluding carboxylic acids is 1. The molecule has 0 atom stereocenters. The van der Waals surface area contributed by atoms with Crippen LogP contribution in [0.2, 0.25) is 0 Å². The third-order valence-corrected chi connectivity index (χ3v) is 1.72. The summed E-state index contributed by atoms with van der Waals surface area (Å²) >= 11 is 0. The molecule has 6 heteroatoms. The molecule has 4 nitrogen and oxygen atoms in total. The van der Waals surface area contributed by atoms with E-state index in [1.807, 2.05) is 0 Å². The standard InChI is InChI=1S/C11H9F2NO3/c1-2-16-10(15)11(12,13)17-9-5-3-4-8(6-9)7-14/h3-6H,2H2,1H3. The Morgan fingerprint density at radius 2 is 2.24 bits per heavy atom. The second kappa shape index (κ2) is 5.25. The highest BCUT2D eigenvalue weighted by Crippen LogP contribution is 2.23. The lowest BCUT2D eigenvalue weighted by Gasteiger charge is -2.15. The summed E-state index contributed by atoms with van der Waals surface area (Å²) in [7, 11) is 0. The van der Waals surface area contributed by atoms with Crippen molar-refractivity contribution in [3.05, 3.63) is 29.8 Å². The lowest BCUT2D eigenvalue weighted by atomic mass is 10.2. The minimum Gasteiger partial charge on any atom is -0.459 e. The summed E-state index contributed by atoms with van der Waals surface area (Å²) in [5, 5.41) is 8.57. The van der Waals surface area contributed by atoms with Crippen LogP contribution in [-0.4, -0.2) is 18.7 Å². The van der Waals surface area contributed by atoms with E-state index >= 15 is 0 Å². The Morgan fingerprint density at radius 1 is 1.53 bits per heavy atom. The molecule has 0 saturated heterocycles. The Bertz CT molecular complexity index is 454. The third-order valence-electron chi connectivity index (χ3n) is 1.72. The summed E-state index contributed by atoms with van der Waals surface area (Å²) in [6.07, 6.45) is -4.07. The van der Waals surface area contributed by atoms with Gasteiger partial charge in [0.15, 0.2) is 0 Å². The summed E-state index contributed by atoms with van der Waals surface area (Å²) in [6.45, 7) is 1.24. The zero-order valence-electron chi connectivity index (χ0n) is 8.94. The van der Waals surface area contributed by atoms with Crippen molar-refractivity contribution in [2.24, 2.45) is 0 Å². The summed E-state index contributed by atoms with van der Waals surface area (Å²) < 4.78 is 34.6. The number of nitriles is 1. The van der Waals surface area contributed by atoms with Gasteiger partial charge in [-0.2, -0.15) is 14.0 Å². The molecule has 0 saturated carbocycles. The molecule has 1 aromatic carbocycles. The normalized spacial score (nSPS) is 10.5. The Hall–Kier alpha value is -2.16. The van der Waals surface area contributed by atoms with Crippen LogP contribution >= 0.6 is 0 Å². The second-order valence-electron chi connectivity index (χ2n) is 2.98. The molecule has 0 aromatic heterocycles. The van der Waals surface area contributed by atoms with Crippen LogP contribution in [0.5, 0.6) is 5.75 Å². The minimum atomic E-state index is -4.07. The van der Waals surface area contributed by atoms with Crippen LogP contribution in [0.1, 0.15) is 12.5 Å². The van der Waals surface area contributed by atoms with E-state index in [0.29, 0.717) is 0 Å². The lowest BCUT2D eigenvalue weighted by molar-refractivity contribution is -0.216. The summed E-state index contributed by atoms with van der Waals surface area (Å²) in [6, 6.07) is 6.88. The first-order valence-electron chi connectivity index (χ1n) is 4.74. The number of hydrogen-bond acceptors (Lipinski definition) is 4. The smallest absolute Gasteiger partial charge is 0.459 e. The van der Waals surface area contributed by atoms with Crippen molar-refractivity contribution in [1.82, 2.24) is 0 Å². The molecule has 1 aromatic rings. The van der Waals surface area contributed by atoms with E-state index < -0.39 is 12.1 Å². The number of nitrogens with zero attached hydrogens (tertiary/aromatic N) is 1. The van der Waals surface area contributed by atoms with E-state index in [9.17, 15) is 13.6 Å². The first kappa shape index (κ1) is 12.9. The fourth-order valence-electron chi connectivity index (χ4n) is 1.03. The molecule has 0 unspecified atom stereocenters. The predicted molar refractivity (Wildman–Crippen MR) is 53.4 cm³/mol. The number of hydrogen-bond donors (Lipinski definition) is 0. The Balaban J connectivity index is 2.82. The first-order chi connectivity index (χ1) is 7.99. The average molecular weight is 241 g/mol. The number of rotatable bonds is 4. The highest BCUT2D eigenvalue weighted by molar-refractivity contribution is 5.76. The highest BCUT2D eigenvalue weighted by atomic mass is 19.3. The third kappa shape index (κ3) is 3.41. The molecule has 0 aliphatic carbocycles. The molecule has 1 rings (SSSR count). The Labute approximate surface area is 96.4 Å². The van der Waals surface area contributed by atoms with E-state index in [1.165, 1.54) is 25.1 Å². The van der Waals surface area contributed by atoms with Crippen LogP contribution < -0.4 is 4.74 Å². The number of ether oxygens (including phenoxy) is 2. The second-order valence-corrected chi connectivity index (χ2v) is 2.98. The van der Waals surface area contributed by atoms with Gasteiger partial charge in [0.05, 0.1) is 18.2 Å². The van der Waals surface area contributed by atoms with Crippen molar-refractivity contribution in [3.8, 4) is 11.8 Å². The summed E-state index contributed by atoms with van der Waals surface area (Å²) in [5.41, 5.74) is 0.155. The number of carbonyl (C=O) groups is 1. The van der Waals surface area contributed by atoms with Gasteiger partial charge >= 0.3 is 12.1 Å². The van der Waals surface area contributed by atoms with Gasteiger partial charge in [-0.05, 0) is 25.1 Å². The van der Waals surface area contributed by atoms with Crippen LogP contribution in [0.4, 0.5) is 8.78 Å². The van der Waals surface area contributed by atoms with Gasteiger partial charge < -0.3 is 9.47 Å². The molecule has 0 radical (unpaired) electrons. The largest absolute Gasteiger partial charge is 0.502 e. The monoisotopic (exact) mass is 241 g/mol. The molecular weight excluding hydrogens is 232 g/mol. The van der Waals surface area contributed by atoms with E-state index in [-0.39, 0.29) is 17.9 Å². The molecule has 0 bridgehead atoms. The van der Waals surface area contributed by atoms with Crippen LogP contribution in [0.25, 0.3) is 0 Å². The van der Waals surface area contributed by atoms with E-state index in [4.69, 9.17) is 5.26 Å². The van der Waals surface area contributed by atoms with Crippen molar-refractivity contribution in [3.63, 3.8) is 0 Å².